The summed E-state index contributed by atoms with van der Waals surface area (Å²) in [5, 5.41) is 3.93. The maximum atomic E-state index is 12.9. The quantitative estimate of drug-likeness (QED) is 0.509. The highest BCUT2D eigenvalue weighted by molar-refractivity contribution is 7.92. The molecule has 0 amide bonds. The summed E-state index contributed by atoms with van der Waals surface area (Å²) in [7, 11) is -3.31. The molecule has 2 aromatic carbocycles. The highest BCUT2D eigenvalue weighted by Crippen LogP contribution is 2.31. The van der Waals surface area contributed by atoms with Crippen molar-refractivity contribution in [2.45, 2.75) is 69.1 Å². The zero-order valence-corrected chi connectivity index (χ0v) is 19.1. The van der Waals surface area contributed by atoms with Crippen molar-refractivity contribution >= 4 is 26.5 Å². The van der Waals surface area contributed by atoms with E-state index >= 15 is 0 Å². The van der Waals surface area contributed by atoms with E-state index in [0.717, 1.165) is 47.9 Å². The van der Waals surface area contributed by atoms with Gasteiger partial charge in [-0.3, -0.25) is 0 Å². The Morgan fingerprint density at radius 3 is 2.55 bits per heavy atom. The third-order valence-corrected chi connectivity index (χ3v) is 8.49. The molecule has 1 N–H and O–H groups in total. The van der Waals surface area contributed by atoms with Gasteiger partial charge < -0.3 is 9.73 Å². The Morgan fingerprint density at radius 1 is 1.10 bits per heavy atom. The first-order valence-corrected chi connectivity index (χ1v) is 12.5. The van der Waals surface area contributed by atoms with Crippen molar-refractivity contribution in [3.8, 4) is 0 Å². The molecule has 1 saturated carbocycles. The second kappa shape index (κ2) is 8.50. The molecule has 3 aromatic rings. The number of hydrogen-bond acceptors (Lipinski definition) is 5. The third-order valence-electron chi connectivity index (χ3n) is 6.23. The molecular weight excluding hydrogens is 410 g/mol. The van der Waals surface area contributed by atoms with Crippen molar-refractivity contribution in [1.82, 2.24) is 0 Å². The van der Waals surface area contributed by atoms with Crippen molar-refractivity contribution in [1.29, 1.82) is 0 Å². The summed E-state index contributed by atoms with van der Waals surface area (Å²) in [6.45, 7) is 6.70. The van der Waals surface area contributed by atoms with Gasteiger partial charge in [0.05, 0.1) is 10.1 Å². The Kier molecular flexibility index (Phi) is 5.93. The minimum Gasteiger partial charge on any atom is -0.423 e. The maximum Gasteiger partial charge on any atom is 0.336 e. The van der Waals surface area contributed by atoms with Gasteiger partial charge in [0.25, 0.3) is 0 Å². The molecule has 4 rings (SSSR count). The number of hydrogen-bond donors (Lipinski definition) is 1. The van der Waals surface area contributed by atoms with Gasteiger partial charge in [-0.15, -0.1) is 0 Å². The van der Waals surface area contributed by atoms with Crippen molar-refractivity contribution < 1.29 is 12.8 Å². The third kappa shape index (κ3) is 4.40. The number of benzene rings is 2. The Morgan fingerprint density at radius 2 is 1.84 bits per heavy atom. The molecule has 1 heterocycles. The number of fused-ring (bicyclic) bond motifs is 1. The minimum atomic E-state index is -3.31. The lowest BCUT2D eigenvalue weighted by molar-refractivity contribution is 0.558. The lowest BCUT2D eigenvalue weighted by atomic mass is 9.95. The fraction of sp³-hybridized carbons (Fsp3) is 0.400. The molecule has 0 radical (unpaired) electrons. The number of sulfone groups is 1. The molecule has 0 atom stereocenters. The first-order chi connectivity index (χ1) is 14.8. The molecule has 6 heteroatoms. The molecule has 31 heavy (non-hydrogen) atoms. The molecule has 164 valence electrons. The van der Waals surface area contributed by atoms with Gasteiger partial charge in [0.15, 0.2) is 9.84 Å². The van der Waals surface area contributed by atoms with E-state index in [0.29, 0.717) is 22.9 Å². The van der Waals surface area contributed by atoms with Gasteiger partial charge >= 0.3 is 5.63 Å². The zero-order valence-electron chi connectivity index (χ0n) is 18.3. The van der Waals surface area contributed by atoms with Crippen LogP contribution in [0.25, 0.3) is 11.0 Å². The van der Waals surface area contributed by atoms with Crippen LogP contribution in [0, 0.1) is 6.92 Å². The lowest BCUT2D eigenvalue weighted by Gasteiger charge is -2.15. The predicted molar refractivity (Wildman–Crippen MR) is 125 cm³/mol. The summed E-state index contributed by atoms with van der Waals surface area (Å²) in [5.41, 5.74) is 4.05. The van der Waals surface area contributed by atoms with Crippen molar-refractivity contribution in [3.05, 3.63) is 69.6 Å². The molecule has 0 spiro atoms. The fourth-order valence-corrected chi connectivity index (χ4v) is 6.43. The first kappa shape index (κ1) is 21.6. The van der Waals surface area contributed by atoms with Gasteiger partial charge in [-0.25, -0.2) is 13.2 Å². The van der Waals surface area contributed by atoms with Gasteiger partial charge in [0.2, 0.25) is 0 Å². The Labute approximate surface area is 183 Å². The van der Waals surface area contributed by atoms with E-state index in [9.17, 15) is 13.2 Å². The van der Waals surface area contributed by atoms with Gasteiger partial charge in [-0.1, -0.05) is 32.8 Å². The second-order valence-corrected chi connectivity index (χ2v) is 11.0. The predicted octanol–water partition coefficient (Wildman–Crippen LogP) is 5.55. The average molecular weight is 440 g/mol. The summed E-state index contributed by atoms with van der Waals surface area (Å²) in [4.78, 5) is 12.5. The molecule has 0 unspecified atom stereocenters. The van der Waals surface area contributed by atoms with Gasteiger partial charge in [0, 0.05) is 23.7 Å². The van der Waals surface area contributed by atoms with Crippen LogP contribution in [0.2, 0.25) is 0 Å². The zero-order chi connectivity index (χ0) is 22.2. The molecule has 5 nitrogen and oxygen atoms in total. The van der Waals surface area contributed by atoms with Gasteiger partial charge in [0.1, 0.15) is 5.58 Å². The van der Waals surface area contributed by atoms with Crippen LogP contribution in [0.4, 0.5) is 5.69 Å². The highest BCUT2D eigenvalue weighted by atomic mass is 32.2. The molecular formula is C25H29NO4S. The van der Waals surface area contributed by atoms with E-state index in [2.05, 4.69) is 25.2 Å². The monoisotopic (exact) mass is 439 g/mol. The van der Waals surface area contributed by atoms with Crippen LogP contribution in [0.5, 0.6) is 0 Å². The molecule has 1 fully saturated rings. The van der Waals surface area contributed by atoms with Crippen LogP contribution in [0.1, 0.15) is 62.1 Å². The Bertz CT molecular complexity index is 1270. The van der Waals surface area contributed by atoms with Crippen molar-refractivity contribution in [2.75, 3.05) is 5.32 Å². The molecule has 1 aliphatic rings. The van der Waals surface area contributed by atoms with E-state index in [1.54, 1.807) is 18.2 Å². The van der Waals surface area contributed by atoms with Gasteiger partial charge in [-0.05, 0) is 72.7 Å². The number of nitrogens with one attached hydrogen (secondary N) is 1. The van der Waals surface area contributed by atoms with Crippen LogP contribution < -0.4 is 10.9 Å². The maximum absolute atomic E-state index is 12.9. The Balaban J connectivity index is 1.64. The summed E-state index contributed by atoms with van der Waals surface area (Å²) in [6.07, 6.45) is 3.43. The van der Waals surface area contributed by atoms with Crippen LogP contribution in [-0.2, 0) is 16.4 Å². The number of aryl methyl sites for hydroxylation is 1. The number of rotatable bonds is 6. The lowest BCUT2D eigenvalue weighted by Crippen LogP contribution is -2.18. The summed E-state index contributed by atoms with van der Waals surface area (Å²) < 4.78 is 31.3. The first-order valence-electron chi connectivity index (χ1n) is 10.9. The molecule has 0 saturated heterocycles. The fourth-order valence-electron chi connectivity index (χ4n) is 4.53. The van der Waals surface area contributed by atoms with Gasteiger partial charge in [-0.2, -0.15) is 0 Å². The SMILES string of the molecule is Cc1cc2oc(=O)cc(CNc3cccc(S(=O)(=O)C4CCCC4)c3)c2cc1C(C)C. The highest BCUT2D eigenvalue weighted by Gasteiger charge is 2.30. The topological polar surface area (TPSA) is 76.4 Å². The van der Waals surface area contributed by atoms with E-state index in [-0.39, 0.29) is 5.25 Å². The summed E-state index contributed by atoms with van der Waals surface area (Å²) in [6, 6.07) is 12.5. The average Bonchev–Trinajstić information content (AvgIpc) is 3.27. The molecule has 1 aliphatic carbocycles. The van der Waals surface area contributed by atoms with Crippen LogP contribution in [0.15, 0.2) is 56.6 Å². The van der Waals surface area contributed by atoms with E-state index in [1.165, 1.54) is 11.6 Å². The summed E-state index contributed by atoms with van der Waals surface area (Å²) >= 11 is 0. The van der Waals surface area contributed by atoms with Crippen molar-refractivity contribution in [2.24, 2.45) is 0 Å². The van der Waals surface area contributed by atoms with E-state index in [4.69, 9.17) is 4.42 Å². The van der Waals surface area contributed by atoms with Crippen LogP contribution in [-0.4, -0.2) is 13.7 Å². The van der Waals surface area contributed by atoms with Crippen LogP contribution >= 0.6 is 0 Å². The normalized spacial score (nSPS) is 15.1. The largest absolute Gasteiger partial charge is 0.423 e. The van der Waals surface area contributed by atoms with E-state index < -0.39 is 15.5 Å². The van der Waals surface area contributed by atoms with Crippen molar-refractivity contribution in [3.63, 3.8) is 0 Å². The molecule has 0 aliphatic heterocycles. The standard InChI is InChI=1S/C25H29NO4S/c1-16(2)22-14-23-18(12-25(27)30-24(23)11-17(22)3)15-26-19-7-6-10-21(13-19)31(28,29)20-8-4-5-9-20/h6-7,10-14,16,20,26H,4-5,8-9,15H2,1-3H3. The van der Waals surface area contributed by atoms with Crippen LogP contribution in [0.3, 0.4) is 0 Å². The Hall–Kier alpha value is -2.60. The molecule has 1 aromatic heterocycles. The smallest absolute Gasteiger partial charge is 0.336 e. The molecule has 0 bridgehead atoms. The van der Waals surface area contributed by atoms with E-state index in [1.807, 2.05) is 19.1 Å². The minimum absolute atomic E-state index is 0.275. The number of anilines is 1. The second-order valence-electron chi connectivity index (χ2n) is 8.78. The summed E-state index contributed by atoms with van der Waals surface area (Å²) in [5.74, 6) is 0.356.